The minimum atomic E-state index is 1.08. The van der Waals surface area contributed by atoms with Gasteiger partial charge < -0.3 is 0 Å². The van der Waals surface area contributed by atoms with Gasteiger partial charge in [-0.2, -0.15) is 0 Å². The fraction of sp³-hybridized carbons (Fsp3) is 0. The molecule has 30 heavy (non-hydrogen) atoms. The molecule has 4 heteroatoms. The van der Waals surface area contributed by atoms with E-state index in [1.807, 2.05) is 0 Å². The van der Waals surface area contributed by atoms with Gasteiger partial charge in [0.05, 0.1) is 0 Å². The molecule has 0 spiro atoms. The van der Waals surface area contributed by atoms with Crippen molar-refractivity contribution < 1.29 is 0 Å². The van der Waals surface area contributed by atoms with Crippen molar-refractivity contribution in [3.8, 4) is 22.3 Å². The highest BCUT2D eigenvalue weighted by molar-refractivity contribution is 9.11. The van der Waals surface area contributed by atoms with Crippen molar-refractivity contribution in [1.29, 1.82) is 0 Å². The summed E-state index contributed by atoms with van der Waals surface area (Å²) in [5.74, 6) is 0. The van der Waals surface area contributed by atoms with Crippen LogP contribution in [0.25, 0.3) is 43.8 Å². The Bertz CT molecular complexity index is 1290. The quantitative estimate of drug-likeness (QED) is 0.168. The van der Waals surface area contributed by atoms with Crippen molar-refractivity contribution in [3.63, 3.8) is 0 Å². The Balaban J connectivity index is 2.02. The van der Waals surface area contributed by atoms with Crippen molar-refractivity contribution in [2.45, 2.75) is 0 Å². The Hall–Kier alpha value is -1.46. The normalized spacial score (nSPS) is 11.3. The summed E-state index contributed by atoms with van der Waals surface area (Å²) in [4.78, 5) is 0. The second-order valence-electron chi connectivity index (χ2n) is 7.14. The maximum absolute atomic E-state index is 3.68. The third-order valence-corrected chi connectivity index (χ3v) is 7.35. The largest absolute Gasteiger partial charge is 0.0532 e. The topological polar surface area (TPSA) is 0 Å². The standard InChI is InChI=1S/C26H14Br4/c27-17-5-1-15(2-6-17)25-21-11-9-19(29)13-23(21)24-14-20(30)10-12-22(24)26(25)16-3-7-18(28)8-4-16/h1-14H. The highest BCUT2D eigenvalue weighted by Gasteiger charge is 2.18. The molecule has 0 unspecified atom stereocenters. The molecule has 0 aromatic heterocycles. The summed E-state index contributed by atoms with van der Waals surface area (Å²) in [6.45, 7) is 0. The van der Waals surface area contributed by atoms with Gasteiger partial charge in [-0.3, -0.25) is 0 Å². The summed E-state index contributed by atoms with van der Waals surface area (Å²) >= 11 is 14.5. The molecule has 0 saturated carbocycles. The molecule has 0 aliphatic carbocycles. The van der Waals surface area contributed by atoms with Gasteiger partial charge in [0.2, 0.25) is 0 Å². The van der Waals surface area contributed by atoms with E-state index in [4.69, 9.17) is 0 Å². The van der Waals surface area contributed by atoms with E-state index in [1.165, 1.54) is 43.8 Å². The van der Waals surface area contributed by atoms with Crippen LogP contribution in [0.5, 0.6) is 0 Å². The van der Waals surface area contributed by atoms with Crippen LogP contribution in [0.2, 0.25) is 0 Å². The molecule has 0 heterocycles. The van der Waals surface area contributed by atoms with Gasteiger partial charge in [-0.05, 0) is 92.3 Å². The van der Waals surface area contributed by atoms with Gasteiger partial charge in [-0.25, -0.2) is 0 Å². The Morgan fingerprint density at radius 3 is 1.03 bits per heavy atom. The number of benzene rings is 5. The average Bonchev–Trinajstić information content (AvgIpc) is 2.74. The van der Waals surface area contributed by atoms with E-state index in [-0.39, 0.29) is 0 Å². The van der Waals surface area contributed by atoms with Gasteiger partial charge in [0, 0.05) is 17.9 Å². The average molecular weight is 646 g/mol. The van der Waals surface area contributed by atoms with Crippen LogP contribution in [0.15, 0.2) is 103 Å². The lowest BCUT2D eigenvalue weighted by Gasteiger charge is -2.19. The van der Waals surface area contributed by atoms with E-state index < -0.39 is 0 Å². The minimum absolute atomic E-state index is 1.08. The Morgan fingerprint density at radius 1 is 0.333 bits per heavy atom. The maximum atomic E-state index is 3.68. The van der Waals surface area contributed by atoms with Crippen molar-refractivity contribution in [1.82, 2.24) is 0 Å². The smallest absolute Gasteiger partial charge is 0.0181 e. The van der Waals surface area contributed by atoms with Gasteiger partial charge in [0.15, 0.2) is 0 Å². The number of hydrogen-bond donors (Lipinski definition) is 0. The van der Waals surface area contributed by atoms with E-state index in [1.54, 1.807) is 0 Å². The summed E-state index contributed by atoms with van der Waals surface area (Å²) in [6, 6.07) is 30.3. The first-order valence-corrected chi connectivity index (χ1v) is 12.5. The molecule has 0 radical (unpaired) electrons. The number of rotatable bonds is 2. The van der Waals surface area contributed by atoms with Crippen LogP contribution in [-0.2, 0) is 0 Å². The lowest BCUT2D eigenvalue weighted by Crippen LogP contribution is -1.92. The first-order chi connectivity index (χ1) is 14.5. The van der Waals surface area contributed by atoms with Crippen molar-refractivity contribution >= 4 is 85.3 Å². The molecule has 0 amide bonds. The molecule has 0 nitrogen and oxygen atoms in total. The SMILES string of the molecule is Brc1ccc(-c2c(-c3ccc(Br)cc3)c3ccc(Br)cc3c3cc(Br)ccc23)cc1. The van der Waals surface area contributed by atoms with Gasteiger partial charge in [0.1, 0.15) is 0 Å². The van der Waals surface area contributed by atoms with E-state index >= 15 is 0 Å². The van der Waals surface area contributed by atoms with E-state index in [0.29, 0.717) is 0 Å². The summed E-state index contributed by atoms with van der Waals surface area (Å²) < 4.78 is 4.31. The fourth-order valence-corrected chi connectivity index (χ4v) is 5.27. The predicted octanol–water partition coefficient (Wildman–Crippen LogP) is 10.4. The van der Waals surface area contributed by atoms with Crippen LogP contribution < -0.4 is 0 Å². The molecule has 5 aromatic rings. The molecule has 0 atom stereocenters. The molecule has 5 rings (SSSR count). The van der Waals surface area contributed by atoms with E-state index in [0.717, 1.165) is 17.9 Å². The van der Waals surface area contributed by atoms with Crippen LogP contribution >= 0.6 is 63.7 Å². The van der Waals surface area contributed by atoms with Crippen LogP contribution in [0.4, 0.5) is 0 Å². The third kappa shape index (κ3) is 3.69. The summed E-state index contributed by atoms with van der Waals surface area (Å²) in [6.07, 6.45) is 0. The number of hydrogen-bond acceptors (Lipinski definition) is 0. The zero-order valence-electron chi connectivity index (χ0n) is 15.6. The lowest BCUT2D eigenvalue weighted by molar-refractivity contribution is 1.59. The minimum Gasteiger partial charge on any atom is -0.0532 e. The first-order valence-electron chi connectivity index (χ1n) is 9.37. The molecule has 146 valence electrons. The number of halogens is 4. The molecule has 0 saturated heterocycles. The monoisotopic (exact) mass is 642 g/mol. The molecule has 5 aromatic carbocycles. The maximum Gasteiger partial charge on any atom is 0.0181 e. The molecule has 0 fully saturated rings. The molecule has 0 aliphatic rings. The van der Waals surface area contributed by atoms with Gasteiger partial charge in [-0.1, -0.05) is 100 Å². The fourth-order valence-electron chi connectivity index (χ4n) is 4.02. The third-order valence-electron chi connectivity index (χ3n) is 5.31. The Kier molecular flexibility index (Phi) is 5.61. The Labute approximate surface area is 208 Å². The van der Waals surface area contributed by atoms with Crippen LogP contribution in [0.3, 0.4) is 0 Å². The first kappa shape index (κ1) is 20.4. The zero-order valence-corrected chi connectivity index (χ0v) is 21.9. The summed E-state index contributed by atoms with van der Waals surface area (Å²) in [5, 5.41) is 4.95. The van der Waals surface area contributed by atoms with Crippen LogP contribution in [0, 0.1) is 0 Å². The molecule has 0 aliphatic heterocycles. The lowest BCUT2D eigenvalue weighted by atomic mass is 9.85. The zero-order chi connectivity index (χ0) is 20.8. The predicted molar refractivity (Wildman–Crippen MR) is 143 cm³/mol. The molecule has 0 N–H and O–H groups in total. The van der Waals surface area contributed by atoms with E-state index in [2.05, 4.69) is 149 Å². The van der Waals surface area contributed by atoms with Crippen LogP contribution in [-0.4, -0.2) is 0 Å². The second-order valence-corrected chi connectivity index (χ2v) is 10.8. The van der Waals surface area contributed by atoms with Gasteiger partial charge in [0.25, 0.3) is 0 Å². The van der Waals surface area contributed by atoms with Crippen molar-refractivity contribution in [2.24, 2.45) is 0 Å². The highest BCUT2D eigenvalue weighted by atomic mass is 79.9. The molecule has 0 bridgehead atoms. The summed E-state index contributed by atoms with van der Waals surface area (Å²) in [7, 11) is 0. The number of fused-ring (bicyclic) bond motifs is 3. The van der Waals surface area contributed by atoms with Gasteiger partial charge in [-0.15, -0.1) is 0 Å². The second kappa shape index (κ2) is 8.23. The van der Waals surface area contributed by atoms with E-state index in [9.17, 15) is 0 Å². The molecular weight excluding hydrogens is 632 g/mol. The van der Waals surface area contributed by atoms with Crippen LogP contribution in [0.1, 0.15) is 0 Å². The Morgan fingerprint density at radius 2 is 0.667 bits per heavy atom. The van der Waals surface area contributed by atoms with Crippen molar-refractivity contribution in [3.05, 3.63) is 103 Å². The van der Waals surface area contributed by atoms with Crippen molar-refractivity contribution in [2.75, 3.05) is 0 Å². The summed E-state index contributed by atoms with van der Waals surface area (Å²) in [5.41, 5.74) is 4.91. The highest BCUT2D eigenvalue weighted by Crippen LogP contribution is 2.45. The van der Waals surface area contributed by atoms with Gasteiger partial charge >= 0.3 is 0 Å². The molecular formula is C26H14Br4.